The maximum Gasteiger partial charge on any atom is 0.321 e. The minimum absolute atomic E-state index is 0.154. The van der Waals surface area contributed by atoms with E-state index < -0.39 is 28.6 Å². The van der Waals surface area contributed by atoms with Gasteiger partial charge in [0, 0.05) is 20.3 Å². The number of carboxylic acid groups (broad SMARTS) is 1. The van der Waals surface area contributed by atoms with Gasteiger partial charge < -0.3 is 14.9 Å². The van der Waals surface area contributed by atoms with Gasteiger partial charge in [-0.05, 0) is 12.8 Å². The Bertz CT molecular complexity index is 302. The van der Waals surface area contributed by atoms with Crippen molar-refractivity contribution in [2.24, 2.45) is 0 Å². The molecule has 0 saturated heterocycles. The molecule has 0 aromatic rings. The van der Waals surface area contributed by atoms with Crippen molar-refractivity contribution >= 4 is 16.0 Å². The lowest BCUT2D eigenvalue weighted by atomic mass is 10.2. The summed E-state index contributed by atoms with van der Waals surface area (Å²) < 4.78 is 29.5. The van der Waals surface area contributed by atoms with Crippen molar-refractivity contribution in [3.05, 3.63) is 0 Å². The Kier molecular flexibility index (Phi) is 7.22. The SMILES string of the molecule is COCCCS(=O)(=O)N[C@H](CCO)C(=O)O. The van der Waals surface area contributed by atoms with Gasteiger partial charge in [-0.25, -0.2) is 13.1 Å². The molecular formula is C8H17NO6S. The van der Waals surface area contributed by atoms with Gasteiger partial charge in [0.05, 0.1) is 5.75 Å². The second-order valence-electron chi connectivity index (χ2n) is 3.19. The highest BCUT2D eigenvalue weighted by molar-refractivity contribution is 7.89. The van der Waals surface area contributed by atoms with Crippen LogP contribution < -0.4 is 4.72 Å². The van der Waals surface area contributed by atoms with E-state index in [0.29, 0.717) is 6.61 Å². The van der Waals surface area contributed by atoms with Crippen LogP contribution in [0, 0.1) is 0 Å². The highest BCUT2D eigenvalue weighted by Gasteiger charge is 2.22. The maximum atomic E-state index is 11.4. The summed E-state index contributed by atoms with van der Waals surface area (Å²) in [5.74, 6) is -1.50. The van der Waals surface area contributed by atoms with Crippen molar-refractivity contribution in [1.82, 2.24) is 4.72 Å². The molecule has 0 aliphatic heterocycles. The minimum Gasteiger partial charge on any atom is -0.480 e. The van der Waals surface area contributed by atoms with Gasteiger partial charge in [-0.3, -0.25) is 4.79 Å². The highest BCUT2D eigenvalue weighted by Crippen LogP contribution is 1.97. The number of carbonyl (C=O) groups is 1. The van der Waals surface area contributed by atoms with E-state index in [1.807, 2.05) is 4.72 Å². The number of rotatable bonds is 9. The Balaban J connectivity index is 4.25. The lowest BCUT2D eigenvalue weighted by molar-refractivity contribution is -0.139. The van der Waals surface area contributed by atoms with Crippen molar-refractivity contribution in [3.63, 3.8) is 0 Å². The monoisotopic (exact) mass is 255 g/mol. The molecule has 0 rings (SSSR count). The first-order valence-electron chi connectivity index (χ1n) is 4.75. The molecule has 0 radical (unpaired) electrons. The lowest BCUT2D eigenvalue weighted by Gasteiger charge is -2.13. The Morgan fingerprint density at radius 2 is 2.12 bits per heavy atom. The second-order valence-corrected chi connectivity index (χ2v) is 5.06. The van der Waals surface area contributed by atoms with Gasteiger partial charge in [-0.1, -0.05) is 0 Å². The third-order valence-electron chi connectivity index (χ3n) is 1.80. The standard InChI is InChI=1S/C8H17NO6S/c1-15-5-2-6-16(13,14)9-7(3-4-10)8(11)12/h7,9-10H,2-6H2,1H3,(H,11,12)/t7-/m1/s1. The molecule has 7 nitrogen and oxygen atoms in total. The van der Waals surface area contributed by atoms with Gasteiger partial charge in [-0.15, -0.1) is 0 Å². The van der Waals surface area contributed by atoms with Crippen LogP contribution in [0.25, 0.3) is 0 Å². The molecule has 0 aromatic heterocycles. The summed E-state index contributed by atoms with van der Waals surface area (Å²) in [4.78, 5) is 10.6. The fourth-order valence-electron chi connectivity index (χ4n) is 1.03. The molecular weight excluding hydrogens is 238 g/mol. The molecule has 0 fully saturated rings. The van der Waals surface area contributed by atoms with Crippen molar-refractivity contribution in [2.75, 3.05) is 26.1 Å². The van der Waals surface area contributed by atoms with Crippen LogP contribution in [0.1, 0.15) is 12.8 Å². The number of aliphatic hydroxyl groups excluding tert-OH is 1. The van der Waals surface area contributed by atoms with Crippen molar-refractivity contribution in [1.29, 1.82) is 0 Å². The van der Waals surface area contributed by atoms with Crippen LogP contribution in [0.15, 0.2) is 0 Å². The van der Waals surface area contributed by atoms with Crippen LogP contribution in [0.4, 0.5) is 0 Å². The molecule has 0 bridgehead atoms. The van der Waals surface area contributed by atoms with Crippen LogP contribution in [0.2, 0.25) is 0 Å². The van der Waals surface area contributed by atoms with E-state index in [1.54, 1.807) is 0 Å². The quantitative estimate of drug-likeness (QED) is 0.445. The molecule has 3 N–H and O–H groups in total. The first kappa shape index (κ1) is 15.3. The summed E-state index contributed by atoms with van der Waals surface area (Å²) in [5, 5.41) is 17.3. The highest BCUT2D eigenvalue weighted by atomic mass is 32.2. The average Bonchev–Trinajstić information content (AvgIpc) is 2.17. The predicted molar refractivity (Wildman–Crippen MR) is 56.5 cm³/mol. The summed E-state index contributed by atoms with van der Waals surface area (Å²) in [6.45, 7) is -0.101. The Morgan fingerprint density at radius 1 is 1.50 bits per heavy atom. The van der Waals surface area contributed by atoms with E-state index in [2.05, 4.69) is 4.74 Å². The molecule has 16 heavy (non-hydrogen) atoms. The minimum atomic E-state index is -3.64. The molecule has 0 heterocycles. The average molecular weight is 255 g/mol. The predicted octanol–water partition coefficient (Wildman–Crippen LogP) is -1.22. The number of hydrogen-bond donors (Lipinski definition) is 3. The van der Waals surface area contributed by atoms with Crippen LogP contribution in [-0.2, 0) is 19.6 Å². The smallest absolute Gasteiger partial charge is 0.321 e. The zero-order chi connectivity index (χ0) is 12.6. The van der Waals surface area contributed by atoms with E-state index in [9.17, 15) is 13.2 Å². The maximum absolute atomic E-state index is 11.4. The third kappa shape index (κ3) is 6.72. The van der Waals surface area contributed by atoms with E-state index in [4.69, 9.17) is 10.2 Å². The van der Waals surface area contributed by atoms with E-state index in [1.165, 1.54) is 7.11 Å². The summed E-state index contributed by atoms with van der Waals surface area (Å²) >= 11 is 0. The topological polar surface area (TPSA) is 113 Å². The molecule has 0 aliphatic rings. The van der Waals surface area contributed by atoms with Gasteiger partial charge in [0.25, 0.3) is 0 Å². The first-order chi connectivity index (χ1) is 7.43. The van der Waals surface area contributed by atoms with Gasteiger partial charge in [0.1, 0.15) is 6.04 Å². The summed E-state index contributed by atoms with van der Waals surface area (Å²) in [6, 6.07) is -1.28. The molecule has 0 unspecified atom stereocenters. The number of aliphatic hydroxyl groups is 1. The number of nitrogens with one attached hydrogen (secondary N) is 1. The van der Waals surface area contributed by atoms with Crippen molar-refractivity contribution < 1.29 is 28.2 Å². The number of ether oxygens (including phenoxy) is 1. The molecule has 0 amide bonds. The van der Waals surface area contributed by atoms with Gasteiger partial charge in [0.2, 0.25) is 10.0 Å². The molecule has 0 aliphatic carbocycles. The summed E-state index contributed by atoms with van der Waals surface area (Å²) in [6.07, 6.45) is 0.135. The van der Waals surface area contributed by atoms with Crippen molar-refractivity contribution in [3.8, 4) is 0 Å². The van der Waals surface area contributed by atoms with Gasteiger partial charge in [-0.2, -0.15) is 0 Å². The first-order valence-corrected chi connectivity index (χ1v) is 6.40. The van der Waals surface area contributed by atoms with Gasteiger partial charge in [0.15, 0.2) is 0 Å². The number of sulfonamides is 1. The Morgan fingerprint density at radius 3 is 2.56 bits per heavy atom. The van der Waals surface area contributed by atoms with E-state index in [-0.39, 0.29) is 18.6 Å². The second kappa shape index (κ2) is 7.55. The number of hydrogen-bond acceptors (Lipinski definition) is 5. The molecule has 0 spiro atoms. The van der Waals surface area contributed by atoms with Gasteiger partial charge >= 0.3 is 5.97 Å². The molecule has 0 aromatic carbocycles. The van der Waals surface area contributed by atoms with Crippen molar-refractivity contribution in [2.45, 2.75) is 18.9 Å². The zero-order valence-electron chi connectivity index (χ0n) is 9.05. The Hall–Kier alpha value is -0.700. The van der Waals surface area contributed by atoms with Crippen LogP contribution >= 0.6 is 0 Å². The van der Waals surface area contributed by atoms with Crippen LogP contribution in [0.3, 0.4) is 0 Å². The van der Waals surface area contributed by atoms with Crippen LogP contribution in [-0.4, -0.2) is 56.7 Å². The molecule has 96 valence electrons. The molecule has 0 saturated carbocycles. The largest absolute Gasteiger partial charge is 0.480 e. The number of carboxylic acids is 1. The molecule has 1 atom stereocenters. The summed E-state index contributed by atoms with van der Waals surface area (Å²) in [7, 11) is -2.19. The fraction of sp³-hybridized carbons (Fsp3) is 0.875. The number of methoxy groups -OCH3 is 1. The summed E-state index contributed by atoms with van der Waals surface area (Å²) in [5.41, 5.74) is 0. The third-order valence-corrected chi connectivity index (χ3v) is 3.27. The zero-order valence-corrected chi connectivity index (χ0v) is 9.87. The normalized spacial score (nSPS) is 13.6. The Labute approximate surface area is 94.5 Å². The van der Waals surface area contributed by atoms with Crippen LogP contribution in [0.5, 0.6) is 0 Å². The lowest BCUT2D eigenvalue weighted by Crippen LogP contribution is -2.42. The fourth-order valence-corrected chi connectivity index (χ4v) is 2.30. The van der Waals surface area contributed by atoms with E-state index >= 15 is 0 Å². The molecule has 8 heteroatoms. The number of aliphatic carboxylic acids is 1. The van der Waals surface area contributed by atoms with E-state index in [0.717, 1.165) is 0 Å².